The third-order valence-corrected chi connectivity index (χ3v) is 3.01. The Labute approximate surface area is 125 Å². The predicted octanol–water partition coefficient (Wildman–Crippen LogP) is 1.83. The number of oxime groups is 1. The Bertz CT molecular complexity index is 460. The van der Waals surface area contributed by atoms with Gasteiger partial charge in [-0.15, -0.1) is 0 Å². The lowest BCUT2D eigenvalue weighted by Gasteiger charge is -2.26. The van der Waals surface area contributed by atoms with Gasteiger partial charge in [0.1, 0.15) is 11.6 Å². The van der Waals surface area contributed by atoms with Crippen LogP contribution in [0, 0.1) is 0 Å². The van der Waals surface area contributed by atoms with Crippen LogP contribution in [0.15, 0.2) is 35.5 Å². The van der Waals surface area contributed by atoms with Crippen molar-refractivity contribution in [1.82, 2.24) is 4.90 Å². The van der Waals surface area contributed by atoms with Gasteiger partial charge in [-0.05, 0) is 26.0 Å². The number of amidine groups is 1. The highest BCUT2D eigenvalue weighted by atomic mass is 16.5. The molecule has 3 N–H and O–H groups in total. The minimum atomic E-state index is -0.00771. The summed E-state index contributed by atoms with van der Waals surface area (Å²) < 4.78 is 5.52. The average molecular weight is 293 g/mol. The molecular formula is C15H23N3O3. The van der Waals surface area contributed by atoms with Crippen LogP contribution >= 0.6 is 0 Å². The highest BCUT2D eigenvalue weighted by Gasteiger charge is 2.17. The van der Waals surface area contributed by atoms with Crippen LogP contribution in [-0.2, 0) is 4.79 Å². The lowest BCUT2D eigenvalue weighted by Crippen LogP contribution is -2.39. The van der Waals surface area contributed by atoms with Crippen molar-refractivity contribution in [3.05, 3.63) is 30.3 Å². The number of hydrogen-bond donors (Lipinski definition) is 2. The Balaban J connectivity index is 2.42. The van der Waals surface area contributed by atoms with Crippen LogP contribution in [0.5, 0.6) is 5.75 Å². The largest absolute Gasteiger partial charge is 0.493 e. The Kier molecular flexibility index (Phi) is 7.08. The first-order valence-corrected chi connectivity index (χ1v) is 6.98. The highest BCUT2D eigenvalue weighted by molar-refractivity contribution is 5.81. The summed E-state index contributed by atoms with van der Waals surface area (Å²) in [6.45, 7) is 4.62. The summed E-state index contributed by atoms with van der Waals surface area (Å²) in [5.74, 6) is 0.860. The van der Waals surface area contributed by atoms with E-state index in [0.29, 0.717) is 26.0 Å². The molecule has 21 heavy (non-hydrogen) atoms. The van der Waals surface area contributed by atoms with Gasteiger partial charge in [-0.2, -0.15) is 0 Å². The predicted molar refractivity (Wildman–Crippen MR) is 81.4 cm³/mol. The fourth-order valence-electron chi connectivity index (χ4n) is 1.87. The first-order chi connectivity index (χ1) is 10.0. The fraction of sp³-hybridized carbons (Fsp3) is 0.467. The lowest BCUT2D eigenvalue weighted by atomic mass is 10.2. The van der Waals surface area contributed by atoms with E-state index in [0.717, 1.165) is 5.75 Å². The molecule has 0 heterocycles. The number of hydrogen-bond acceptors (Lipinski definition) is 4. The number of carbonyl (C=O) groups is 1. The molecular weight excluding hydrogens is 270 g/mol. The molecule has 0 saturated heterocycles. The molecule has 0 aliphatic rings. The molecule has 1 rings (SSSR count). The van der Waals surface area contributed by atoms with Crippen molar-refractivity contribution in [1.29, 1.82) is 0 Å². The van der Waals surface area contributed by atoms with E-state index in [1.165, 1.54) is 0 Å². The van der Waals surface area contributed by atoms with E-state index in [4.69, 9.17) is 15.7 Å². The van der Waals surface area contributed by atoms with Gasteiger partial charge in [0.25, 0.3) is 0 Å². The molecule has 0 fully saturated rings. The van der Waals surface area contributed by atoms with E-state index >= 15 is 0 Å². The van der Waals surface area contributed by atoms with Gasteiger partial charge in [0, 0.05) is 19.0 Å². The molecule has 6 nitrogen and oxygen atoms in total. The van der Waals surface area contributed by atoms with Crippen molar-refractivity contribution in [3.63, 3.8) is 0 Å². The first kappa shape index (κ1) is 16.8. The molecule has 6 heteroatoms. The van der Waals surface area contributed by atoms with Crippen molar-refractivity contribution < 1.29 is 14.7 Å². The highest BCUT2D eigenvalue weighted by Crippen LogP contribution is 2.09. The molecule has 0 aromatic heterocycles. The molecule has 1 amide bonds. The van der Waals surface area contributed by atoms with Crippen LogP contribution in [0.4, 0.5) is 0 Å². The Morgan fingerprint density at radius 2 is 2.00 bits per heavy atom. The van der Waals surface area contributed by atoms with Crippen molar-refractivity contribution in [2.24, 2.45) is 10.9 Å². The van der Waals surface area contributed by atoms with Crippen LogP contribution in [0.1, 0.15) is 26.7 Å². The molecule has 0 radical (unpaired) electrons. The Hall–Kier alpha value is -2.24. The van der Waals surface area contributed by atoms with E-state index in [1.54, 1.807) is 4.90 Å². The summed E-state index contributed by atoms with van der Waals surface area (Å²) in [4.78, 5) is 13.9. The second-order valence-corrected chi connectivity index (χ2v) is 4.93. The number of nitrogens with zero attached hydrogens (tertiary/aromatic N) is 2. The average Bonchev–Trinajstić information content (AvgIpc) is 2.48. The van der Waals surface area contributed by atoms with Gasteiger partial charge < -0.3 is 20.6 Å². The first-order valence-electron chi connectivity index (χ1n) is 6.98. The van der Waals surface area contributed by atoms with Gasteiger partial charge in [0.05, 0.1) is 13.0 Å². The topological polar surface area (TPSA) is 88.1 Å². The van der Waals surface area contributed by atoms with E-state index in [1.807, 2.05) is 44.2 Å². The van der Waals surface area contributed by atoms with Crippen LogP contribution in [-0.4, -0.2) is 41.0 Å². The molecule has 0 unspecified atom stereocenters. The normalized spacial score (nSPS) is 11.5. The summed E-state index contributed by atoms with van der Waals surface area (Å²) in [7, 11) is 0. The minimum absolute atomic E-state index is 0.00771. The number of para-hydroxylation sites is 1. The number of nitrogens with two attached hydrogens (primary N) is 1. The zero-order valence-electron chi connectivity index (χ0n) is 12.5. The van der Waals surface area contributed by atoms with Crippen molar-refractivity contribution >= 4 is 11.7 Å². The van der Waals surface area contributed by atoms with E-state index < -0.39 is 0 Å². The van der Waals surface area contributed by atoms with E-state index in [9.17, 15) is 4.79 Å². The van der Waals surface area contributed by atoms with Gasteiger partial charge in [-0.1, -0.05) is 23.4 Å². The zero-order chi connectivity index (χ0) is 15.7. The molecule has 1 aromatic carbocycles. The molecule has 1 aromatic rings. The quantitative estimate of drug-likeness (QED) is 0.331. The minimum Gasteiger partial charge on any atom is -0.493 e. The van der Waals surface area contributed by atoms with Gasteiger partial charge >= 0.3 is 0 Å². The summed E-state index contributed by atoms with van der Waals surface area (Å²) >= 11 is 0. The maximum absolute atomic E-state index is 12.2. The monoisotopic (exact) mass is 293 g/mol. The standard InChI is InChI=1S/C15H23N3O3/c1-12(2)18(10-8-14(16)17-20)15(19)9-11-21-13-6-4-3-5-7-13/h3-7,12,20H,8-11H2,1-2H3,(H2,16,17). The second-order valence-electron chi connectivity index (χ2n) is 4.93. The van der Waals surface area contributed by atoms with Crippen molar-refractivity contribution in [2.45, 2.75) is 32.7 Å². The summed E-state index contributed by atoms with van der Waals surface area (Å²) in [5, 5.41) is 11.4. The van der Waals surface area contributed by atoms with E-state index in [2.05, 4.69) is 5.16 Å². The molecule has 0 spiro atoms. The zero-order valence-corrected chi connectivity index (χ0v) is 12.5. The van der Waals surface area contributed by atoms with Crippen molar-refractivity contribution in [3.8, 4) is 5.75 Å². The third kappa shape index (κ3) is 6.16. The molecule has 0 saturated carbocycles. The van der Waals surface area contributed by atoms with Gasteiger partial charge in [-0.25, -0.2) is 0 Å². The van der Waals surface area contributed by atoms with Gasteiger partial charge in [0.2, 0.25) is 5.91 Å². The summed E-state index contributed by atoms with van der Waals surface area (Å²) in [6.07, 6.45) is 0.642. The summed E-state index contributed by atoms with van der Waals surface area (Å²) in [5.41, 5.74) is 5.44. The number of rotatable bonds is 8. The maximum atomic E-state index is 12.2. The van der Waals surface area contributed by atoms with Crippen LogP contribution < -0.4 is 10.5 Å². The van der Waals surface area contributed by atoms with Crippen molar-refractivity contribution in [2.75, 3.05) is 13.2 Å². The third-order valence-electron chi connectivity index (χ3n) is 3.01. The Morgan fingerprint density at radius 1 is 1.33 bits per heavy atom. The Morgan fingerprint density at radius 3 is 2.57 bits per heavy atom. The SMILES string of the molecule is CC(C)N(CCC(N)=NO)C(=O)CCOc1ccccc1. The molecule has 0 bridgehead atoms. The molecule has 0 atom stereocenters. The van der Waals surface area contributed by atoms with Crippen LogP contribution in [0.3, 0.4) is 0 Å². The maximum Gasteiger partial charge on any atom is 0.226 e. The number of benzene rings is 1. The summed E-state index contributed by atoms with van der Waals surface area (Å²) in [6, 6.07) is 9.43. The number of carbonyl (C=O) groups excluding carboxylic acids is 1. The van der Waals surface area contributed by atoms with Crippen LogP contribution in [0.2, 0.25) is 0 Å². The smallest absolute Gasteiger partial charge is 0.226 e. The molecule has 0 aliphatic heterocycles. The van der Waals surface area contributed by atoms with Gasteiger partial charge in [-0.3, -0.25) is 4.79 Å². The van der Waals surface area contributed by atoms with E-state index in [-0.39, 0.29) is 17.8 Å². The van der Waals surface area contributed by atoms with Crippen LogP contribution in [0.25, 0.3) is 0 Å². The van der Waals surface area contributed by atoms with Gasteiger partial charge in [0.15, 0.2) is 0 Å². The number of ether oxygens (including phenoxy) is 1. The molecule has 116 valence electrons. The number of amides is 1. The second kappa shape index (κ2) is 8.84. The molecule has 0 aliphatic carbocycles. The fourth-order valence-corrected chi connectivity index (χ4v) is 1.87. The lowest BCUT2D eigenvalue weighted by molar-refractivity contribution is -0.133.